The van der Waals surface area contributed by atoms with Crippen molar-refractivity contribution in [2.75, 3.05) is 20.1 Å². The summed E-state index contributed by atoms with van der Waals surface area (Å²) < 4.78 is 6.09. The van der Waals surface area contributed by atoms with Gasteiger partial charge < -0.3 is 20.7 Å². The third kappa shape index (κ3) is 8.09. The SMILES string of the molecule is CCCCCNC(=O)CC(=O)NC[C@H]1[C@@H](CC=CCCCC(=O)NC)[C@H]2CC[C@@H]1O2. The molecular formula is C23H39N3O4. The van der Waals surface area contributed by atoms with Crippen LogP contribution in [0.25, 0.3) is 0 Å². The number of hydrogen-bond donors (Lipinski definition) is 3. The van der Waals surface area contributed by atoms with Gasteiger partial charge in [0, 0.05) is 32.5 Å². The molecule has 7 heteroatoms. The number of amides is 3. The Bertz CT molecular complexity index is 593. The number of hydrogen-bond acceptors (Lipinski definition) is 4. The normalized spacial score (nSPS) is 24.9. The Hall–Kier alpha value is -1.89. The molecular weight excluding hydrogens is 382 g/mol. The quantitative estimate of drug-likeness (QED) is 0.228. The van der Waals surface area contributed by atoms with Gasteiger partial charge in [-0.2, -0.15) is 0 Å². The minimum Gasteiger partial charge on any atom is -0.374 e. The lowest BCUT2D eigenvalue weighted by Crippen LogP contribution is -2.39. The van der Waals surface area contributed by atoms with Crippen LogP contribution in [0.3, 0.4) is 0 Å². The van der Waals surface area contributed by atoms with Gasteiger partial charge in [0.05, 0.1) is 12.2 Å². The van der Waals surface area contributed by atoms with Gasteiger partial charge in [-0.25, -0.2) is 0 Å². The van der Waals surface area contributed by atoms with E-state index in [0.717, 1.165) is 51.4 Å². The number of nitrogens with one attached hydrogen (secondary N) is 3. The van der Waals surface area contributed by atoms with Crippen LogP contribution in [0.5, 0.6) is 0 Å². The maximum atomic E-state index is 12.2. The minimum absolute atomic E-state index is 0.0790. The highest BCUT2D eigenvalue weighted by Crippen LogP contribution is 2.44. The molecule has 0 spiro atoms. The highest BCUT2D eigenvalue weighted by molar-refractivity contribution is 5.96. The van der Waals surface area contributed by atoms with E-state index in [1.807, 2.05) is 0 Å². The monoisotopic (exact) mass is 421 g/mol. The summed E-state index contributed by atoms with van der Waals surface area (Å²) in [5.74, 6) is 0.367. The van der Waals surface area contributed by atoms with E-state index in [9.17, 15) is 14.4 Å². The summed E-state index contributed by atoms with van der Waals surface area (Å²) in [4.78, 5) is 35.3. The highest BCUT2D eigenvalue weighted by Gasteiger charge is 2.47. The first-order valence-corrected chi connectivity index (χ1v) is 11.6. The van der Waals surface area contributed by atoms with Gasteiger partial charge in [-0.3, -0.25) is 14.4 Å². The van der Waals surface area contributed by atoms with Crippen molar-refractivity contribution in [2.45, 2.75) is 83.3 Å². The van der Waals surface area contributed by atoms with Crippen LogP contribution < -0.4 is 16.0 Å². The molecule has 2 saturated heterocycles. The molecule has 0 unspecified atom stereocenters. The first kappa shape index (κ1) is 24.4. The van der Waals surface area contributed by atoms with Crippen LogP contribution >= 0.6 is 0 Å². The molecule has 2 fully saturated rings. The molecule has 3 N–H and O–H groups in total. The molecule has 2 rings (SSSR count). The summed E-state index contributed by atoms with van der Waals surface area (Å²) in [6.45, 7) is 3.32. The van der Waals surface area contributed by atoms with E-state index in [0.29, 0.717) is 31.3 Å². The predicted molar refractivity (Wildman–Crippen MR) is 117 cm³/mol. The zero-order chi connectivity index (χ0) is 21.8. The molecule has 2 heterocycles. The maximum absolute atomic E-state index is 12.2. The van der Waals surface area contributed by atoms with Crippen LogP contribution in [-0.2, 0) is 19.1 Å². The van der Waals surface area contributed by atoms with Crippen LogP contribution in [-0.4, -0.2) is 50.1 Å². The Morgan fingerprint density at radius 2 is 1.67 bits per heavy atom. The zero-order valence-corrected chi connectivity index (χ0v) is 18.6. The Kier molecular flexibility index (Phi) is 10.9. The lowest BCUT2D eigenvalue weighted by atomic mass is 9.77. The van der Waals surface area contributed by atoms with Crippen LogP contribution in [0.4, 0.5) is 0 Å². The van der Waals surface area contributed by atoms with Gasteiger partial charge in [-0.1, -0.05) is 31.9 Å². The number of carbonyl (C=O) groups excluding carboxylic acids is 3. The van der Waals surface area contributed by atoms with Crippen molar-refractivity contribution < 1.29 is 19.1 Å². The largest absolute Gasteiger partial charge is 0.374 e. The van der Waals surface area contributed by atoms with E-state index in [-0.39, 0.29) is 36.4 Å². The number of rotatable bonds is 14. The Balaban J connectivity index is 1.68. The van der Waals surface area contributed by atoms with Crippen molar-refractivity contribution >= 4 is 17.7 Å². The lowest BCUT2D eigenvalue weighted by Gasteiger charge is -2.27. The number of allylic oxidation sites excluding steroid dienone is 2. The molecule has 0 aromatic rings. The third-order valence-electron chi connectivity index (χ3n) is 6.18. The van der Waals surface area contributed by atoms with Crippen molar-refractivity contribution in [1.29, 1.82) is 0 Å². The van der Waals surface area contributed by atoms with Crippen LogP contribution in [0.2, 0.25) is 0 Å². The topological polar surface area (TPSA) is 96.5 Å². The van der Waals surface area contributed by atoms with Crippen molar-refractivity contribution in [2.24, 2.45) is 11.8 Å². The summed E-state index contributed by atoms with van der Waals surface area (Å²) in [7, 11) is 1.66. The Morgan fingerprint density at radius 1 is 0.933 bits per heavy atom. The molecule has 0 aromatic carbocycles. The second kappa shape index (κ2) is 13.4. The molecule has 2 aliphatic rings. The molecule has 0 saturated carbocycles. The highest BCUT2D eigenvalue weighted by atomic mass is 16.5. The van der Waals surface area contributed by atoms with Crippen LogP contribution in [0.15, 0.2) is 12.2 Å². The fourth-order valence-electron chi connectivity index (χ4n) is 4.46. The zero-order valence-electron chi connectivity index (χ0n) is 18.6. The first-order chi connectivity index (χ1) is 14.5. The molecule has 0 radical (unpaired) electrons. The summed E-state index contributed by atoms with van der Waals surface area (Å²) in [5, 5.41) is 8.40. The van der Waals surface area contributed by atoms with Crippen molar-refractivity contribution in [3.63, 3.8) is 0 Å². The van der Waals surface area contributed by atoms with Crippen LogP contribution in [0, 0.1) is 11.8 Å². The molecule has 0 aromatic heterocycles. The van der Waals surface area contributed by atoms with E-state index in [1.54, 1.807) is 7.05 Å². The predicted octanol–water partition coefficient (Wildman–Crippen LogP) is 2.46. The van der Waals surface area contributed by atoms with Gasteiger partial charge >= 0.3 is 0 Å². The number of ether oxygens (including phenoxy) is 1. The fourth-order valence-corrected chi connectivity index (χ4v) is 4.46. The average Bonchev–Trinajstić information content (AvgIpc) is 3.33. The van der Waals surface area contributed by atoms with Gasteiger partial charge in [0.1, 0.15) is 6.42 Å². The Labute approximate surface area is 180 Å². The van der Waals surface area contributed by atoms with Gasteiger partial charge in [-0.15, -0.1) is 0 Å². The van der Waals surface area contributed by atoms with Gasteiger partial charge in [0.25, 0.3) is 0 Å². The molecule has 7 nitrogen and oxygen atoms in total. The fraction of sp³-hybridized carbons (Fsp3) is 0.783. The minimum atomic E-state index is -0.214. The molecule has 170 valence electrons. The second-order valence-electron chi connectivity index (χ2n) is 8.43. The van der Waals surface area contributed by atoms with Gasteiger partial charge in [0.15, 0.2) is 0 Å². The first-order valence-electron chi connectivity index (χ1n) is 11.6. The van der Waals surface area contributed by atoms with Crippen LogP contribution in [0.1, 0.15) is 71.1 Å². The van der Waals surface area contributed by atoms with Crippen molar-refractivity contribution in [3.05, 3.63) is 12.2 Å². The van der Waals surface area contributed by atoms with Gasteiger partial charge in [-0.05, 0) is 44.4 Å². The molecule has 4 atom stereocenters. The van der Waals surface area contributed by atoms with E-state index >= 15 is 0 Å². The Morgan fingerprint density at radius 3 is 2.40 bits per heavy atom. The summed E-state index contributed by atoms with van der Waals surface area (Å²) >= 11 is 0. The van der Waals surface area contributed by atoms with Crippen molar-refractivity contribution in [1.82, 2.24) is 16.0 Å². The summed E-state index contributed by atoms with van der Waals surface area (Å²) in [6.07, 6.45) is 13.2. The van der Waals surface area contributed by atoms with Crippen molar-refractivity contribution in [3.8, 4) is 0 Å². The average molecular weight is 422 g/mol. The molecule has 2 aliphatic heterocycles. The second-order valence-corrected chi connectivity index (χ2v) is 8.43. The number of unbranched alkanes of at least 4 members (excludes halogenated alkanes) is 3. The molecule has 3 amide bonds. The number of fused-ring (bicyclic) bond motifs is 2. The standard InChI is InChI=1S/C23H39N3O4/c1-3-4-9-14-25-22(28)15-23(29)26-16-18-17(19-12-13-20(18)30-19)10-7-5-6-8-11-21(27)24-2/h5,7,17-20H,3-4,6,8-16H2,1-2H3,(H,24,27)(H,25,28)(H,26,29)/t17-,18+,19-,20+/m1/s1. The summed E-state index contributed by atoms with van der Waals surface area (Å²) in [6, 6.07) is 0. The molecule has 0 aliphatic carbocycles. The van der Waals surface area contributed by atoms with E-state index in [4.69, 9.17) is 4.74 Å². The van der Waals surface area contributed by atoms with E-state index < -0.39 is 0 Å². The van der Waals surface area contributed by atoms with E-state index in [1.165, 1.54) is 0 Å². The lowest BCUT2D eigenvalue weighted by molar-refractivity contribution is -0.129. The third-order valence-corrected chi connectivity index (χ3v) is 6.18. The smallest absolute Gasteiger partial charge is 0.229 e. The molecule has 2 bridgehead atoms. The maximum Gasteiger partial charge on any atom is 0.229 e. The number of carbonyl (C=O) groups is 3. The molecule has 30 heavy (non-hydrogen) atoms. The summed E-state index contributed by atoms with van der Waals surface area (Å²) in [5.41, 5.74) is 0. The van der Waals surface area contributed by atoms with E-state index in [2.05, 4.69) is 35.0 Å². The van der Waals surface area contributed by atoms with Gasteiger partial charge in [0.2, 0.25) is 17.7 Å².